The number of esters is 1. The lowest BCUT2D eigenvalue weighted by Gasteiger charge is -2.14. The minimum atomic E-state index is -0.523. The number of nitro benzene ring substituents is 1. The van der Waals surface area contributed by atoms with Gasteiger partial charge in [0.2, 0.25) is 0 Å². The van der Waals surface area contributed by atoms with Crippen LogP contribution in [-0.2, 0) is 11.3 Å². The molecule has 3 aromatic rings. The summed E-state index contributed by atoms with van der Waals surface area (Å²) in [6, 6.07) is 12.3. The normalized spacial score (nSPS) is 10.6. The van der Waals surface area contributed by atoms with Gasteiger partial charge >= 0.3 is 5.97 Å². The Morgan fingerprint density at radius 1 is 1.22 bits per heavy atom. The lowest BCUT2D eigenvalue weighted by molar-refractivity contribution is -0.384. The summed E-state index contributed by atoms with van der Waals surface area (Å²) in [5, 5.41) is 14.9. The number of aryl methyl sites for hydroxylation is 1. The molecule has 7 heteroatoms. The van der Waals surface area contributed by atoms with E-state index in [0.717, 1.165) is 11.1 Å². The molecule has 0 spiro atoms. The van der Waals surface area contributed by atoms with Gasteiger partial charge in [-0.25, -0.2) is 4.79 Å². The van der Waals surface area contributed by atoms with Crippen LogP contribution < -0.4 is 5.32 Å². The van der Waals surface area contributed by atoms with E-state index in [0.29, 0.717) is 23.1 Å². The van der Waals surface area contributed by atoms with Crippen LogP contribution in [-0.4, -0.2) is 22.5 Å². The molecule has 0 radical (unpaired) electrons. The van der Waals surface area contributed by atoms with Gasteiger partial charge in [-0.2, -0.15) is 0 Å². The molecule has 0 amide bonds. The lowest BCUT2D eigenvalue weighted by Crippen LogP contribution is -2.11. The zero-order valence-corrected chi connectivity index (χ0v) is 15.1. The number of ether oxygens (including phenoxy) is 1. The molecule has 0 aliphatic rings. The van der Waals surface area contributed by atoms with Crippen LogP contribution in [0.2, 0.25) is 0 Å². The maximum Gasteiger partial charge on any atom is 0.341 e. The number of carbonyl (C=O) groups excluding carboxylic acids is 1. The fourth-order valence-electron chi connectivity index (χ4n) is 2.74. The van der Waals surface area contributed by atoms with Crippen LogP contribution in [0.3, 0.4) is 0 Å². The van der Waals surface area contributed by atoms with Gasteiger partial charge in [-0.15, -0.1) is 0 Å². The van der Waals surface area contributed by atoms with E-state index in [2.05, 4.69) is 10.3 Å². The minimum absolute atomic E-state index is 0.0660. The van der Waals surface area contributed by atoms with Crippen molar-refractivity contribution in [2.45, 2.75) is 20.4 Å². The fourth-order valence-corrected chi connectivity index (χ4v) is 2.74. The molecule has 2 aromatic carbocycles. The predicted octanol–water partition coefficient (Wildman–Crippen LogP) is 4.24. The Hall–Kier alpha value is -3.48. The minimum Gasteiger partial charge on any atom is -0.462 e. The van der Waals surface area contributed by atoms with Crippen molar-refractivity contribution in [2.75, 3.05) is 11.9 Å². The first-order valence-electron chi connectivity index (χ1n) is 8.53. The molecule has 0 fully saturated rings. The van der Waals surface area contributed by atoms with E-state index >= 15 is 0 Å². The van der Waals surface area contributed by atoms with Crippen LogP contribution in [0.4, 0.5) is 11.4 Å². The SMILES string of the molecule is CCOC(=O)c1cnc2ccc([N+](=O)[O-])cc2c1NCc1ccc(C)cc1. The molecule has 0 saturated carbocycles. The van der Waals surface area contributed by atoms with Gasteiger partial charge in [0, 0.05) is 30.3 Å². The molecular weight excluding hydrogens is 346 g/mol. The number of pyridine rings is 1. The fraction of sp³-hybridized carbons (Fsp3) is 0.200. The Balaban J connectivity index is 2.07. The third kappa shape index (κ3) is 4.03. The van der Waals surface area contributed by atoms with Crippen molar-refractivity contribution < 1.29 is 14.5 Å². The molecule has 0 unspecified atom stereocenters. The third-order valence-electron chi connectivity index (χ3n) is 4.15. The van der Waals surface area contributed by atoms with Crippen LogP contribution in [0, 0.1) is 17.0 Å². The summed E-state index contributed by atoms with van der Waals surface area (Å²) < 4.78 is 5.11. The van der Waals surface area contributed by atoms with Gasteiger partial charge in [0.15, 0.2) is 0 Å². The average molecular weight is 365 g/mol. The average Bonchev–Trinajstić information content (AvgIpc) is 2.66. The van der Waals surface area contributed by atoms with Gasteiger partial charge in [0.1, 0.15) is 5.56 Å². The lowest BCUT2D eigenvalue weighted by atomic mass is 10.1. The van der Waals surface area contributed by atoms with Crippen molar-refractivity contribution in [1.82, 2.24) is 4.98 Å². The number of rotatable bonds is 6. The zero-order chi connectivity index (χ0) is 19.4. The second-order valence-corrected chi connectivity index (χ2v) is 6.07. The molecule has 138 valence electrons. The van der Waals surface area contributed by atoms with Gasteiger partial charge < -0.3 is 10.1 Å². The van der Waals surface area contributed by atoms with Crippen molar-refractivity contribution in [3.8, 4) is 0 Å². The predicted molar refractivity (Wildman–Crippen MR) is 103 cm³/mol. The smallest absolute Gasteiger partial charge is 0.341 e. The molecule has 0 bridgehead atoms. The number of nitrogens with one attached hydrogen (secondary N) is 1. The van der Waals surface area contributed by atoms with Gasteiger partial charge in [-0.1, -0.05) is 29.8 Å². The summed E-state index contributed by atoms with van der Waals surface area (Å²) >= 11 is 0. The number of aromatic nitrogens is 1. The largest absolute Gasteiger partial charge is 0.462 e. The van der Waals surface area contributed by atoms with Crippen LogP contribution in [0.15, 0.2) is 48.7 Å². The molecule has 3 rings (SSSR count). The number of benzene rings is 2. The molecule has 1 aromatic heterocycles. The number of nitro groups is 1. The quantitative estimate of drug-likeness (QED) is 0.399. The van der Waals surface area contributed by atoms with Gasteiger partial charge in [0.05, 0.1) is 22.7 Å². The summed E-state index contributed by atoms with van der Waals surface area (Å²) in [5.74, 6) is -0.523. The van der Waals surface area contributed by atoms with Crippen LogP contribution in [0.25, 0.3) is 10.9 Å². The van der Waals surface area contributed by atoms with Crippen molar-refractivity contribution in [2.24, 2.45) is 0 Å². The maximum atomic E-state index is 12.3. The monoisotopic (exact) mass is 365 g/mol. The summed E-state index contributed by atoms with van der Waals surface area (Å²) in [4.78, 5) is 27.3. The van der Waals surface area contributed by atoms with Gasteiger partial charge in [-0.05, 0) is 25.5 Å². The maximum absolute atomic E-state index is 12.3. The zero-order valence-electron chi connectivity index (χ0n) is 15.1. The van der Waals surface area contributed by atoms with E-state index in [4.69, 9.17) is 4.74 Å². The molecule has 0 aliphatic heterocycles. The molecule has 0 aliphatic carbocycles. The molecule has 0 saturated heterocycles. The van der Waals surface area contributed by atoms with Crippen molar-refractivity contribution in [3.63, 3.8) is 0 Å². The highest BCUT2D eigenvalue weighted by Gasteiger charge is 2.18. The second-order valence-electron chi connectivity index (χ2n) is 6.07. The first-order valence-corrected chi connectivity index (χ1v) is 8.53. The summed E-state index contributed by atoms with van der Waals surface area (Å²) in [5.41, 5.74) is 3.38. The van der Waals surface area contributed by atoms with E-state index in [-0.39, 0.29) is 17.9 Å². The highest BCUT2D eigenvalue weighted by molar-refractivity contribution is 6.05. The Morgan fingerprint density at radius 3 is 2.63 bits per heavy atom. The number of anilines is 1. The van der Waals surface area contributed by atoms with Crippen molar-refractivity contribution in [1.29, 1.82) is 0 Å². The topological polar surface area (TPSA) is 94.4 Å². The number of nitrogens with zero attached hydrogens (tertiary/aromatic N) is 2. The summed E-state index contributed by atoms with van der Waals surface area (Å²) in [6.45, 7) is 4.40. The van der Waals surface area contributed by atoms with Gasteiger partial charge in [-0.3, -0.25) is 15.1 Å². The second kappa shape index (κ2) is 7.82. The summed E-state index contributed by atoms with van der Waals surface area (Å²) in [7, 11) is 0. The van der Waals surface area contributed by atoms with E-state index in [1.165, 1.54) is 18.3 Å². The Labute approximate surface area is 156 Å². The van der Waals surface area contributed by atoms with E-state index in [1.807, 2.05) is 31.2 Å². The highest BCUT2D eigenvalue weighted by atomic mass is 16.6. The van der Waals surface area contributed by atoms with Crippen molar-refractivity contribution in [3.05, 3.63) is 75.5 Å². The van der Waals surface area contributed by atoms with Gasteiger partial charge in [0.25, 0.3) is 5.69 Å². The van der Waals surface area contributed by atoms with Crippen LogP contribution in [0.1, 0.15) is 28.4 Å². The number of carbonyl (C=O) groups is 1. The van der Waals surface area contributed by atoms with Crippen LogP contribution in [0.5, 0.6) is 0 Å². The first-order chi connectivity index (χ1) is 13.0. The van der Waals surface area contributed by atoms with Crippen molar-refractivity contribution >= 4 is 28.2 Å². The van der Waals surface area contributed by atoms with E-state index < -0.39 is 10.9 Å². The standard InChI is InChI=1S/C20H19N3O4/c1-3-27-20(24)17-12-21-18-9-8-15(23(25)26)10-16(18)19(17)22-11-14-6-4-13(2)5-7-14/h4-10,12H,3,11H2,1-2H3,(H,21,22). The molecule has 1 N–H and O–H groups in total. The number of non-ortho nitro benzene ring substituents is 1. The molecule has 7 nitrogen and oxygen atoms in total. The molecule has 1 heterocycles. The Bertz CT molecular complexity index is 1000. The third-order valence-corrected chi connectivity index (χ3v) is 4.15. The molecule has 27 heavy (non-hydrogen) atoms. The van der Waals surface area contributed by atoms with Crippen LogP contribution >= 0.6 is 0 Å². The highest BCUT2D eigenvalue weighted by Crippen LogP contribution is 2.30. The molecule has 0 atom stereocenters. The summed E-state index contributed by atoms with van der Waals surface area (Å²) in [6.07, 6.45) is 1.43. The Morgan fingerprint density at radius 2 is 1.96 bits per heavy atom. The first kappa shape index (κ1) is 18.3. The van der Waals surface area contributed by atoms with E-state index in [1.54, 1.807) is 13.0 Å². The number of hydrogen-bond donors (Lipinski definition) is 1. The Kier molecular flexibility index (Phi) is 5.30. The van der Waals surface area contributed by atoms with E-state index in [9.17, 15) is 14.9 Å². The number of fused-ring (bicyclic) bond motifs is 1. The molecular formula is C20H19N3O4. The number of hydrogen-bond acceptors (Lipinski definition) is 6.